The summed E-state index contributed by atoms with van der Waals surface area (Å²) in [5.41, 5.74) is 7.72. The fourth-order valence-electron chi connectivity index (χ4n) is 1.90. The molecule has 1 aromatic heterocycles. The highest BCUT2D eigenvalue weighted by atomic mass is 16.4. The molecule has 102 valence electrons. The Morgan fingerprint density at radius 1 is 1.37 bits per heavy atom. The molecule has 1 aromatic carbocycles. The molecule has 0 aliphatic heterocycles. The molecule has 2 rings (SSSR count). The number of nitrogens with zero attached hydrogens (tertiary/aromatic N) is 2. The van der Waals surface area contributed by atoms with Crippen LogP contribution in [0.5, 0.6) is 0 Å². The summed E-state index contributed by atoms with van der Waals surface area (Å²) < 4.78 is 5.19. The Morgan fingerprint density at radius 3 is 2.84 bits per heavy atom. The zero-order chi connectivity index (χ0) is 13.7. The number of rotatable bonds is 6. The first-order valence-corrected chi connectivity index (χ1v) is 6.51. The van der Waals surface area contributed by atoms with Crippen LogP contribution in [0.25, 0.3) is 11.5 Å². The minimum atomic E-state index is 0.465. The molecule has 0 spiro atoms. The van der Waals surface area contributed by atoms with Gasteiger partial charge >= 0.3 is 0 Å². The second kappa shape index (κ2) is 6.33. The Hall–Kier alpha value is -1.88. The van der Waals surface area contributed by atoms with Crippen LogP contribution in [0.3, 0.4) is 0 Å². The van der Waals surface area contributed by atoms with Crippen LogP contribution in [0.15, 0.2) is 35.1 Å². The highest BCUT2D eigenvalue weighted by Crippen LogP contribution is 2.21. The third-order valence-electron chi connectivity index (χ3n) is 3.28. The van der Waals surface area contributed by atoms with Crippen LogP contribution in [0.4, 0.5) is 5.69 Å². The van der Waals surface area contributed by atoms with E-state index < -0.39 is 0 Å². The van der Waals surface area contributed by atoms with E-state index in [1.165, 1.54) is 6.39 Å². The summed E-state index contributed by atoms with van der Waals surface area (Å²) in [6, 6.07) is 7.94. The molecule has 0 aliphatic rings. The molecule has 1 heterocycles. The summed E-state index contributed by atoms with van der Waals surface area (Å²) in [7, 11) is 0. The van der Waals surface area contributed by atoms with Crippen LogP contribution < -0.4 is 11.1 Å². The summed E-state index contributed by atoms with van der Waals surface area (Å²) in [5.74, 6) is 1.56. The first-order valence-electron chi connectivity index (χ1n) is 6.51. The van der Waals surface area contributed by atoms with E-state index in [0.29, 0.717) is 24.3 Å². The van der Waals surface area contributed by atoms with Gasteiger partial charge in [-0.1, -0.05) is 19.9 Å². The van der Waals surface area contributed by atoms with Gasteiger partial charge in [0.05, 0.1) is 0 Å². The standard InChI is InChI=1S/C14H20N4O/c1-10(2)12(7-15)8-16-13-5-3-4-11(6-13)14-18-17-9-19-14/h3-6,9-10,12,16H,7-8,15H2,1-2H3. The maximum absolute atomic E-state index is 5.77. The molecule has 1 atom stereocenters. The van der Waals surface area contributed by atoms with Gasteiger partial charge in [-0.3, -0.25) is 0 Å². The predicted molar refractivity (Wildman–Crippen MR) is 75.6 cm³/mol. The molecule has 0 saturated heterocycles. The normalized spacial score (nSPS) is 12.6. The van der Waals surface area contributed by atoms with Crippen LogP contribution in [-0.2, 0) is 0 Å². The lowest BCUT2D eigenvalue weighted by Crippen LogP contribution is -2.27. The van der Waals surface area contributed by atoms with Gasteiger partial charge < -0.3 is 15.5 Å². The van der Waals surface area contributed by atoms with Crippen molar-refractivity contribution in [1.82, 2.24) is 10.2 Å². The van der Waals surface area contributed by atoms with Gasteiger partial charge in [-0.25, -0.2) is 0 Å². The first kappa shape index (κ1) is 13.5. The third-order valence-corrected chi connectivity index (χ3v) is 3.28. The van der Waals surface area contributed by atoms with E-state index in [2.05, 4.69) is 29.4 Å². The van der Waals surface area contributed by atoms with Crippen LogP contribution in [0.1, 0.15) is 13.8 Å². The fourth-order valence-corrected chi connectivity index (χ4v) is 1.90. The molecule has 0 amide bonds. The molecule has 5 heteroatoms. The summed E-state index contributed by atoms with van der Waals surface area (Å²) >= 11 is 0. The van der Waals surface area contributed by atoms with E-state index >= 15 is 0 Å². The molecule has 3 N–H and O–H groups in total. The Balaban J connectivity index is 2.03. The average molecular weight is 260 g/mol. The smallest absolute Gasteiger partial charge is 0.247 e. The van der Waals surface area contributed by atoms with Crippen LogP contribution >= 0.6 is 0 Å². The molecule has 2 aromatic rings. The molecule has 0 fully saturated rings. The van der Waals surface area contributed by atoms with Crippen LogP contribution in [0, 0.1) is 11.8 Å². The van der Waals surface area contributed by atoms with Crippen LogP contribution in [-0.4, -0.2) is 23.3 Å². The highest BCUT2D eigenvalue weighted by Gasteiger charge is 2.11. The number of nitrogens with two attached hydrogens (primary N) is 1. The Morgan fingerprint density at radius 2 is 2.21 bits per heavy atom. The zero-order valence-electron chi connectivity index (χ0n) is 11.3. The monoisotopic (exact) mass is 260 g/mol. The number of aromatic nitrogens is 2. The lowest BCUT2D eigenvalue weighted by molar-refractivity contribution is 0.413. The van der Waals surface area contributed by atoms with Crippen LogP contribution in [0.2, 0.25) is 0 Å². The van der Waals surface area contributed by atoms with Crippen molar-refractivity contribution in [2.24, 2.45) is 17.6 Å². The predicted octanol–water partition coefficient (Wildman–Crippen LogP) is 2.38. The lowest BCUT2D eigenvalue weighted by Gasteiger charge is -2.20. The summed E-state index contributed by atoms with van der Waals surface area (Å²) in [6.45, 7) is 5.93. The van der Waals surface area contributed by atoms with Crippen molar-refractivity contribution in [3.63, 3.8) is 0 Å². The summed E-state index contributed by atoms with van der Waals surface area (Å²) in [4.78, 5) is 0. The summed E-state index contributed by atoms with van der Waals surface area (Å²) in [6.07, 6.45) is 1.33. The van der Waals surface area contributed by atoms with E-state index in [1.54, 1.807) is 0 Å². The van der Waals surface area contributed by atoms with Crippen molar-refractivity contribution in [3.05, 3.63) is 30.7 Å². The van der Waals surface area contributed by atoms with Gasteiger partial charge in [0.1, 0.15) is 0 Å². The molecular formula is C14H20N4O. The Labute approximate surface area is 113 Å². The lowest BCUT2D eigenvalue weighted by atomic mass is 9.96. The molecule has 0 radical (unpaired) electrons. The van der Waals surface area contributed by atoms with Gasteiger partial charge in [0.25, 0.3) is 0 Å². The van der Waals surface area contributed by atoms with E-state index in [4.69, 9.17) is 10.2 Å². The maximum atomic E-state index is 5.77. The van der Waals surface area contributed by atoms with Gasteiger partial charge in [0.15, 0.2) is 0 Å². The van der Waals surface area contributed by atoms with Gasteiger partial charge in [-0.2, -0.15) is 0 Å². The number of hydrogen-bond donors (Lipinski definition) is 2. The van der Waals surface area contributed by atoms with E-state index in [0.717, 1.165) is 17.8 Å². The average Bonchev–Trinajstić information content (AvgIpc) is 2.93. The highest BCUT2D eigenvalue weighted by molar-refractivity contribution is 5.60. The number of benzene rings is 1. The van der Waals surface area contributed by atoms with Crippen molar-refractivity contribution >= 4 is 5.69 Å². The SMILES string of the molecule is CC(C)C(CN)CNc1cccc(-c2nnco2)c1. The minimum absolute atomic E-state index is 0.465. The number of hydrogen-bond acceptors (Lipinski definition) is 5. The fraction of sp³-hybridized carbons (Fsp3) is 0.429. The third kappa shape index (κ3) is 3.54. The summed E-state index contributed by atoms with van der Waals surface area (Å²) in [5, 5.41) is 11.0. The Bertz CT molecular complexity index is 496. The van der Waals surface area contributed by atoms with E-state index in [1.807, 2.05) is 24.3 Å². The van der Waals surface area contributed by atoms with Crippen molar-refractivity contribution in [3.8, 4) is 11.5 Å². The first-order chi connectivity index (χ1) is 9.20. The van der Waals surface area contributed by atoms with Gasteiger partial charge in [-0.15, -0.1) is 10.2 Å². The van der Waals surface area contributed by atoms with Crippen molar-refractivity contribution in [2.45, 2.75) is 13.8 Å². The molecule has 19 heavy (non-hydrogen) atoms. The van der Waals surface area contributed by atoms with Gasteiger partial charge in [0.2, 0.25) is 12.3 Å². The molecular weight excluding hydrogens is 240 g/mol. The topological polar surface area (TPSA) is 77.0 Å². The van der Waals surface area contributed by atoms with Gasteiger partial charge in [0, 0.05) is 17.8 Å². The second-order valence-electron chi connectivity index (χ2n) is 4.95. The zero-order valence-corrected chi connectivity index (χ0v) is 11.3. The van der Waals surface area contributed by atoms with E-state index in [9.17, 15) is 0 Å². The Kier molecular flexibility index (Phi) is 4.52. The number of anilines is 1. The largest absolute Gasteiger partial charge is 0.423 e. The maximum Gasteiger partial charge on any atom is 0.247 e. The quantitative estimate of drug-likeness (QED) is 0.833. The minimum Gasteiger partial charge on any atom is -0.423 e. The molecule has 0 aliphatic carbocycles. The second-order valence-corrected chi connectivity index (χ2v) is 4.95. The van der Waals surface area contributed by atoms with Crippen molar-refractivity contribution < 1.29 is 4.42 Å². The molecule has 1 unspecified atom stereocenters. The van der Waals surface area contributed by atoms with Crippen molar-refractivity contribution in [1.29, 1.82) is 0 Å². The molecule has 0 saturated carbocycles. The molecule has 5 nitrogen and oxygen atoms in total. The van der Waals surface area contributed by atoms with Crippen molar-refractivity contribution in [2.75, 3.05) is 18.4 Å². The number of nitrogens with one attached hydrogen (secondary N) is 1. The van der Waals surface area contributed by atoms with Gasteiger partial charge in [-0.05, 0) is 36.6 Å². The molecule has 0 bridgehead atoms. The van der Waals surface area contributed by atoms with E-state index in [-0.39, 0.29) is 0 Å².